The van der Waals surface area contributed by atoms with E-state index in [2.05, 4.69) is 4.98 Å². The number of hydrogen-bond acceptors (Lipinski definition) is 7. The van der Waals surface area contributed by atoms with Crippen LogP contribution < -0.4 is 10.5 Å². The third-order valence-electron chi connectivity index (χ3n) is 5.07. The Kier molecular flexibility index (Phi) is 5.18. The molecule has 9 nitrogen and oxygen atoms in total. The topological polar surface area (TPSA) is 107 Å². The van der Waals surface area contributed by atoms with Gasteiger partial charge >= 0.3 is 5.97 Å². The first-order valence-electron chi connectivity index (χ1n) is 9.62. The largest absolute Gasteiger partial charge is 0.456 e. The van der Waals surface area contributed by atoms with Crippen LogP contribution in [0.5, 0.6) is 0 Å². The number of fused-ring (bicyclic) bond motifs is 1. The van der Waals surface area contributed by atoms with Gasteiger partial charge in [0.15, 0.2) is 0 Å². The highest BCUT2D eigenvalue weighted by atomic mass is 16.6. The smallest absolute Gasteiger partial charge is 0.340 e. The fraction of sp³-hybridized carbons (Fsp3) is 0.286. The molecule has 1 aliphatic heterocycles. The number of benzene rings is 1. The van der Waals surface area contributed by atoms with Crippen LogP contribution in [0.15, 0.2) is 47.4 Å². The molecule has 4 rings (SSSR count). The molecule has 0 atom stereocenters. The maximum atomic E-state index is 12.8. The highest BCUT2D eigenvalue weighted by molar-refractivity contribution is 5.96. The average Bonchev–Trinajstić information content (AvgIpc) is 3.27. The van der Waals surface area contributed by atoms with Crippen LogP contribution in [0.3, 0.4) is 0 Å². The van der Waals surface area contributed by atoms with E-state index in [9.17, 15) is 19.7 Å². The summed E-state index contributed by atoms with van der Waals surface area (Å²) in [5, 5.41) is 11.2. The molecule has 0 saturated carbocycles. The number of aryl methyl sites for hydroxylation is 1. The van der Waals surface area contributed by atoms with Crippen LogP contribution in [-0.2, 0) is 11.3 Å². The van der Waals surface area contributed by atoms with E-state index < -0.39 is 10.9 Å². The number of nitrogens with zero attached hydrogens (tertiary/aromatic N) is 4. The molecule has 0 aliphatic carbocycles. The molecular weight excluding hydrogens is 388 g/mol. The van der Waals surface area contributed by atoms with Crippen molar-refractivity contribution >= 4 is 23.0 Å². The van der Waals surface area contributed by atoms with E-state index in [4.69, 9.17) is 4.74 Å². The van der Waals surface area contributed by atoms with Crippen molar-refractivity contribution in [2.45, 2.75) is 26.4 Å². The fourth-order valence-corrected chi connectivity index (χ4v) is 3.58. The minimum atomic E-state index is -0.688. The molecule has 3 aromatic rings. The Morgan fingerprint density at radius 1 is 1.20 bits per heavy atom. The first-order chi connectivity index (χ1) is 14.4. The summed E-state index contributed by atoms with van der Waals surface area (Å²) in [6.45, 7) is 3.22. The fourth-order valence-electron chi connectivity index (χ4n) is 3.58. The standard InChI is InChI=1S/C21H20N4O5/c1-14-4-7-19-22-15(10-20(26)24(19)12-14)13-30-21(27)17-11-16(25(28)29)5-6-18(17)23-8-2-3-9-23/h4-7,10-12H,2-3,8-9,13H2,1H3. The van der Waals surface area contributed by atoms with Gasteiger partial charge in [-0.3, -0.25) is 19.3 Å². The Morgan fingerprint density at radius 3 is 2.70 bits per heavy atom. The van der Waals surface area contributed by atoms with E-state index in [1.54, 1.807) is 18.3 Å². The Balaban J connectivity index is 1.60. The van der Waals surface area contributed by atoms with Gasteiger partial charge in [0, 0.05) is 37.5 Å². The second-order valence-electron chi connectivity index (χ2n) is 7.25. The first kappa shape index (κ1) is 19.6. The lowest BCUT2D eigenvalue weighted by atomic mass is 10.1. The predicted octanol–water partition coefficient (Wildman–Crippen LogP) is 2.87. The van der Waals surface area contributed by atoms with Crippen LogP contribution >= 0.6 is 0 Å². The van der Waals surface area contributed by atoms with E-state index in [0.717, 1.165) is 31.5 Å². The second kappa shape index (κ2) is 7.94. The first-order valence-corrected chi connectivity index (χ1v) is 9.62. The second-order valence-corrected chi connectivity index (χ2v) is 7.25. The van der Waals surface area contributed by atoms with Crippen LogP contribution in [0, 0.1) is 17.0 Å². The van der Waals surface area contributed by atoms with E-state index in [1.165, 1.54) is 22.6 Å². The number of nitro benzene ring substituents is 1. The van der Waals surface area contributed by atoms with E-state index in [-0.39, 0.29) is 23.4 Å². The van der Waals surface area contributed by atoms with Crippen molar-refractivity contribution in [2.24, 2.45) is 0 Å². The molecule has 30 heavy (non-hydrogen) atoms. The summed E-state index contributed by atoms with van der Waals surface area (Å²) in [4.78, 5) is 42.1. The van der Waals surface area contributed by atoms with Crippen LogP contribution in [0.25, 0.3) is 5.65 Å². The van der Waals surface area contributed by atoms with Gasteiger partial charge in [-0.2, -0.15) is 0 Å². The van der Waals surface area contributed by atoms with Gasteiger partial charge in [0.25, 0.3) is 11.2 Å². The summed E-state index contributed by atoms with van der Waals surface area (Å²) in [6.07, 6.45) is 3.68. The van der Waals surface area contributed by atoms with Crippen LogP contribution in [0.1, 0.15) is 34.5 Å². The normalized spacial score (nSPS) is 13.6. The third kappa shape index (κ3) is 3.86. The molecule has 1 aromatic carbocycles. The van der Waals surface area contributed by atoms with Crippen molar-refractivity contribution in [3.8, 4) is 0 Å². The number of ether oxygens (including phenoxy) is 1. The molecule has 1 saturated heterocycles. The number of carbonyl (C=O) groups is 1. The lowest BCUT2D eigenvalue weighted by Gasteiger charge is -2.20. The van der Waals surface area contributed by atoms with Crippen molar-refractivity contribution in [3.63, 3.8) is 0 Å². The molecule has 154 valence electrons. The molecule has 0 bridgehead atoms. The zero-order valence-electron chi connectivity index (χ0n) is 16.4. The van der Waals surface area contributed by atoms with E-state index in [0.29, 0.717) is 17.0 Å². The molecule has 1 fully saturated rings. The summed E-state index contributed by atoms with van der Waals surface area (Å²) >= 11 is 0. The molecule has 1 aliphatic rings. The quantitative estimate of drug-likeness (QED) is 0.363. The zero-order valence-corrected chi connectivity index (χ0v) is 16.4. The van der Waals surface area contributed by atoms with Crippen LogP contribution in [-0.4, -0.2) is 33.4 Å². The van der Waals surface area contributed by atoms with Gasteiger partial charge in [-0.1, -0.05) is 6.07 Å². The van der Waals surface area contributed by atoms with Gasteiger partial charge in [-0.05, 0) is 37.5 Å². The third-order valence-corrected chi connectivity index (χ3v) is 5.07. The van der Waals surface area contributed by atoms with Gasteiger partial charge in [0.05, 0.1) is 21.9 Å². The van der Waals surface area contributed by atoms with Crippen molar-refractivity contribution in [1.29, 1.82) is 0 Å². The molecule has 0 radical (unpaired) electrons. The van der Waals surface area contributed by atoms with Crippen LogP contribution in [0.2, 0.25) is 0 Å². The lowest BCUT2D eigenvalue weighted by molar-refractivity contribution is -0.384. The Hall–Kier alpha value is -3.75. The summed E-state index contributed by atoms with van der Waals surface area (Å²) < 4.78 is 6.80. The average molecular weight is 408 g/mol. The number of non-ortho nitro benzene ring substituents is 1. The highest BCUT2D eigenvalue weighted by Crippen LogP contribution is 2.29. The summed E-state index contributed by atoms with van der Waals surface area (Å²) in [5.41, 5.74) is 1.98. The number of pyridine rings is 1. The van der Waals surface area contributed by atoms with Gasteiger partial charge < -0.3 is 9.64 Å². The van der Waals surface area contributed by atoms with Gasteiger partial charge in [0.2, 0.25) is 0 Å². The van der Waals surface area contributed by atoms with Gasteiger partial charge in [-0.15, -0.1) is 0 Å². The minimum absolute atomic E-state index is 0.138. The van der Waals surface area contributed by atoms with Crippen LogP contribution in [0.4, 0.5) is 11.4 Å². The molecule has 2 aromatic heterocycles. The Bertz CT molecular complexity index is 1200. The summed E-state index contributed by atoms with van der Waals surface area (Å²) in [7, 11) is 0. The van der Waals surface area contributed by atoms with Crippen molar-refractivity contribution in [2.75, 3.05) is 18.0 Å². The van der Waals surface area contributed by atoms with E-state index in [1.807, 2.05) is 17.9 Å². The van der Waals surface area contributed by atoms with Gasteiger partial charge in [-0.25, -0.2) is 9.78 Å². The summed E-state index contributed by atoms with van der Waals surface area (Å²) in [5.74, 6) is -0.688. The number of anilines is 1. The Labute approximate surface area is 171 Å². The molecule has 0 N–H and O–H groups in total. The molecular formula is C21H20N4O5. The molecule has 9 heteroatoms. The molecule has 3 heterocycles. The lowest BCUT2D eigenvalue weighted by Crippen LogP contribution is -2.22. The predicted molar refractivity (Wildman–Crippen MR) is 110 cm³/mol. The SMILES string of the molecule is Cc1ccc2nc(COC(=O)c3cc([N+](=O)[O-])ccc3N3CCCC3)cc(=O)n2c1. The van der Waals surface area contributed by atoms with Crippen molar-refractivity contribution in [3.05, 3.63) is 79.9 Å². The molecule has 0 unspecified atom stereocenters. The Morgan fingerprint density at radius 2 is 1.97 bits per heavy atom. The number of hydrogen-bond donors (Lipinski definition) is 0. The molecule has 0 amide bonds. The maximum Gasteiger partial charge on any atom is 0.340 e. The molecule has 0 spiro atoms. The van der Waals surface area contributed by atoms with Crippen molar-refractivity contribution in [1.82, 2.24) is 9.38 Å². The summed E-state index contributed by atoms with van der Waals surface area (Å²) in [6, 6.07) is 9.08. The number of carbonyl (C=O) groups excluding carboxylic acids is 1. The number of nitro groups is 1. The zero-order chi connectivity index (χ0) is 21.3. The van der Waals surface area contributed by atoms with Gasteiger partial charge in [0.1, 0.15) is 12.3 Å². The number of rotatable bonds is 5. The maximum absolute atomic E-state index is 12.8. The number of esters is 1. The van der Waals surface area contributed by atoms with Crippen molar-refractivity contribution < 1.29 is 14.5 Å². The highest BCUT2D eigenvalue weighted by Gasteiger charge is 2.23. The minimum Gasteiger partial charge on any atom is -0.456 e. The monoisotopic (exact) mass is 408 g/mol. The van der Waals surface area contributed by atoms with E-state index >= 15 is 0 Å². The number of aromatic nitrogens is 2.